The van der Waals surface area contributed by atoms with E-state index in [9.17, 15) is 0 Å². The Bertz CT molecular complexity index is 629. The fourth-order valence-corrected chi connectivity index (χ4v) is 3.43. The highest BCUT2D eigenvalue weighted by Crippen LogP contribution is 2.30. The van der Waals surface area contributed by atoms with Gasteiger partial charge in [0.1, 0.15) is 0 Å². The van der Waals surface area contributed by atoms with Crippen molar-refractivity contribution >= 4 is 43.5 Å². The smallest absolute Gasteiger partial charge is 0.0923 e. The standard InChI is InChI=1S/C13H16Br2ClN5/c1-20(2)3-4-21-13(10(16)7-19-21)11(17)12-9(15)5-8(14)6-18-12/h5-7,11H,3-4,17H2,1-2H3. The summed E-state index contributed by atoms with van der Waals surface area (Å²) in [5.74, 6) is 0. The molecule has 1 atom stereocenters. The van der Waals surface area contributed by atoms with Gasteiger partial charge in [-0.2, -0.15) is 5.10 Å². The number of halogens is 3. The van der Waals surface area contributed by atoms with Crippen LogP contribution in [0.5, 0.6) is 0 Å². The first-order chi connectivity index (χ1) is 9.90. The molecule has 0 radical (unpaired) electrons. The van der Waals surface area contributed by atoms with Crippen LogP contribution in [0.1, 0.15) is 17.4 Å². The minimum Gasteiger partial charge on any atom is -0.318 e. The molecular formula is C13H16Br2ClN5. The van der Waals surface area contributed by atoms with Gasteiger partial charge < -0.3 is 10.6 Å². The zero-order valence-electron chi connectivity index (χ0n) is 11.7. The van der Waals surface area contributed by atoms with E-state index in [-0.39, 0.29) is 0 Å². The summed E-state index contributed by atoms with van der Waals surface area (Å²) in [5, 5.41) is 4.86. The molecule has 2 heterocycles. The monoisotopic (exact) mass is 435 g/mol. The first kappa shape index (κ1) is 16.9. The van der Waals surface area contributed by atoms with Crippen molar-refractivity contribution in [1.82, 2.24) is 19.7 Å². The number of hydrogen-bond donors (Lipinski definition) is 1. The van der Waals surface area contributed by atoms with E-state index in [2.05, 4.69) is 46.8 Å². The average molecular weight is 438 g/mol. The zero-order chi connectivity index (χ0) is 15.6. The van der Waals surface area contributed by atoms with E-state index in [1.807, 2.05) is 24.8 Å². The Morgan fingerprint density at radius 1 is 1.38 bits per heavy atom. The summed E-state index contributed by atoms with van der Waals surface area (Å²) in [7, 11) is 4.02. The second-order valence-corrected chi connectivity index (χ2v) is 7.08. The summed E-state index contributed by atoms with van der Waals surface area (Å²) >= 11 is 13.1. The quantitative estimate of drug-likeness (QED) is 0.781. The van der Waals surface area contributed by atoms with Crippen molar-refractivity contribution in [1.29, 1.82) is 0 Å². The third-order valence-corrected chi connectivity index (χ3v) is 4.38. The van der Waals surface area contributed by atoms with E-state index >= 15 is 0 Å². The molecule has 2 rings (SSSR count). The van der Waals surface area contributed by atoms with Crippen molar-refractivity contribution in [3.63, 3.8) is 0 Å². The molecular weight excluding hydrogens is 421 g/mol. The molecule has 0 saturated carbocycles. The molecule has 0 aliphatic rings. The van der Waals surface area contributed by atoms with Gasteiger partial charge in [0, 0.05) is 21.7 Å². The Hall–Kier alpha value is -0.470. The Balaban J connectivity index is 2.34. The molecule has 0 bridgehead atoms. The zero-order valence-corrected chi connectivity index (χ0v) is 15.7. The summed E-state index contributed by atoms with van der Waals surface area (Å²) in [5.41, 5.74) is 7.85. The first-order valence-electron chi connectivity index (χ1n) is 6.32. The predicted molar refractivity (Wildman–Crippen MR) is 91.5 cm³/mol. The van der Waals surface area contributed by atoms with Crippen LogP contribution in [0.15, 0.2) is 27.4 Å². The summed E-state index contributed by atoms with van der Waals surface area (Å²) in [6.07, 6.45) is 3.34. The summed E-state index contributed by atoms with van der Waals surface area (Å²) in [6, 6.07) is 1.47. The molecule has 0 saturated heterocycles. The van der Waals surface area contributed by atoms with Crippen LogP contribution in [0.4, 0.5) is 0 Å². The van der Waals surface area contributed by atoms with Crippen LogP contribution in [-0.2, 0) is 6.54 Å². The van der Waals surface area contributed by atoms with Crippen LogP contribution in [0.25, 0.3) is 0 Å². The van der Waals surface area contributed by atoms with E-state index in [1.165, 1.54) is 0 Å². The lowest BCUT2D eigenvalue weighted by molar-refractivity contribution is 0.368. The van der Waals surface area contributed by atoms with Crippen molar-refractivity contribution in [2.24, 2.45) is 5.73 Å². The maximum Gasteiger partial charge on any atom is 0.0923 e. The topological polar surface area (TPSA) is 60.0 Å². The van der Waals surface area contributed by atoms with Crippen molar-refractivity contribution in [2.45, 2.75) is 12.6 Å². The van der Waals surface area contributed by atoms with Gasteiger partial charge in [0.05, 0.1) is 35.2 Å². The largest absolute Gasteiger partial charge is 0.318 e. The van der Waals surface area contributed by atoms with Gasteiger partial charge in [-0.25, -0.2) is 0 Å². The van der Waals surface area contributed by atoms with Crippen molar-refractivity contribution in [2.75, 3.05) is 20.6 Å². The second-order valence-electron chi connectivity index (χ2n) is 4.90. The third-order valence-electron chi connectivity index (χ3n) is 3.02. The summed E-state index contributed by atoms with van der Waals surface area (Å²) < 4.78 is 3.56. The number of nitrogens with two attached hydrogens (primary N) is 1. The molecule has 2 aromatic rings. The molecule has 0 amide bonds. The first-order valence-corrected chi connectivity index (χ1v) is 8.29. The van der Waals surface area contributed by atoms with Gasteiger partial charge in [-0.1, -0.05) is 11.6 Å². The van der Waals surface area contributed by atoms with Crippen LogP contribution in [0, 0.1) is 0 Å². The van der Waals surface area contributed by atoms with Gasteiger partial charge in [-0.3, -0.25) is 9.67 Å². The van der Waals surface area contributed by atoms with Gasteiger partial charge in [0.15, 0.2) is 0 Å². The van der Waals surface area contributed by atoms with E-state index in [0.29, 0.717) is 5.02 Å². The average Bonchev–Trinajstić information content (AvgIpc) is 2.77. The van der Waals surface area contributed by atoms with E-state index in [1.54, 1.807) is 12.4 Å². The lowest BCUT2D eigenvalue weighted by Gasteiger charge is -2.17. The highest BCUT2D eigenvalue weighted by Gasteiger charge is 2.22. The highest BCUT2D eigenvalue weighted by atomic mass is 79.9. The van der Waals surface area contributed by atoms with Crippen LogP contribution < -0.4 is 5.73 Å². The molecule has 8 heteroatoms. The maximum atomic E-state index is 6.35. The molecule has 0 aromatic carbocycles. The number of rotatable bonds is 5. The molecule has 21 heavy (non-hydrogen) atoms. The van der Waals surface area contributed by atoms with Gasteiger partial charge in [-0.05, 0) is 52.0 Å². The third kappa shape index (κ3) is 4.04. The van der Waals surface area contributed by atoms with Crippen LogP contribution >= 0.6 is 43.5 Å². The number of pyridine rings is 1. The molecule has 1 unspecified atom stereocenters. The predicted octanol–water partition coefficient (Wildman–Crippen LogP) is 3.07. The van der Waals surface area contributed by atoms with Gasteiger partial charge >= 0.3 is 0 Å². The van der Waals surface area contributed by atoms with Gasteiger partial charge in [0.2, 0.25) is 0 Å². The van der Waals surface area contributed by atoms with Crippen molar-refractivity contribution in [3.05, 3.63) is 43.8 Å². The lowest BCUT2D eigenvalue weighted by atomic mass is 10.1. The minimum absolute atomic E-state index is 0.440. The molecule has 2 N–H and O–H groups in total. The minimum atomic E-state index is -0.440. The van der Waals surface area contributed by atoms with Crippen molar-refractivity contribution < 1.29 is 0 Å². The summed E-state index contributed by atoms with van der Waals surface area (Å²) in [6.45, 7) is 1.57. The molecule has 5 nitrogen and oxygen atoms in total. The van der Waals surface area contributed by atoms with Crippen LogP contribution in [0.2, 0.25) is 5.02 Å². The molecule has 0 fully saturated rings. The normalized spacial score (nSPS) is 12.9. The SMILES string of the molecule is CN(C)CCn1ncc(Cl)c1C(N)c1ncc(Br)cc1Br. The number of nitrogens with zero attached hydrogens (tertiary/aromatic N) is 4. The maximum absolute atomic E-state index is 6.35. The molecule has 114 valence electrons. The van der Waals surface area contributed by atoms with Crippen LogP contribution in [-0.4, -0.2) is 40.3 Å². The Morgan fingerprint density at radius 3 is 2.71 bits per heavy atom. The Morgan fingerprint density at radius 2 is 2.10 bits per heavy atom. The van der Waals surface area contributed by atoms with Crippen LogP contribution in [0.3, 0.4) is 0 Å². The van der Waals surface area contributed by atoms with E-state index in [4.69, 9.17) is 17.3 Å². The molecule has 0 aliphatic carbocycles. The van der Waals surface area contributed by atoms with Crippen molar-refractivity contribution in [3.8, 4) is 0 Å². The van der Waals surface area contributed by atoms with Gasteiger partial charge in [-0.15, -0.1) is 0 Å². The number of hydrogen-bond acceptors (Lipinski definition) is 4. The fourth-order valence-electron chi connectivity index (χ4n) is 1.94. The summed E-state index contributed by atoms with van der Waals surface area (Å²) in [4.78, 5) is 6.46. The highest BCUT2D eigenvalue weighted by molar-refractivity contribution is 9.11. The Labute approximate surface area is 145 Å². The van der Waals surface area contributed by atoms with E-state index in [0.717, 1.165) is 33.4 Å². The molecule has 0 aliphatic heterocycles. The van der Waals surface area contributed by atoms with E-state index < -0.39 is 6.04 Å². The lowest BCUT2D eigenvalue weighted by Crippen LogP contribution is -2.24. The fraction of sp³-hybridized carbons (Fsp3) is 0.385. The molecule has 2 aromatic heterocycles. The number of aromatic nitrogens is 3. The second kappa shape index (κ2) is 7.19. The Kier molecular flexibility index (Phi) is 5.79. The number of likely N-dealkylation sites (N-methyl/N-ethyl adjacent to an activating group) is 1. The molecule has 0 spiro atoms. The van der Waals surface area contributed by atoms with Gasteiger partial charge in [0.25, 0.3) is 0 Å².